The Balaban J connectivity index is 1.62. The van der Waals surface area contributed by atoms with Gasteiger partial charge in [0, 0.05) is 70.7 Å². The number of benzene rings is 2. The first-order valence-electron chi connectivity index (χ1n) is 14.5. The van der Waals surface area contributed by atoms with Crippen molar-refractivity contribution >= 4 is 46.0 Å². The zero-order valence-corrected chi connectivity index (χ0v) is 26.6. The highest BCUT2D eigenvalue weighted by atomic mass is 35.5. The van der Waals surface area contributed by atoms with E-state index in [0.29, 0.717) is 6.07 Å². The largest absolute Gasteiger partial charge is 0.472 e. The monoisotopic (exact) mass is 691 g/mol. The average Bonchev–Trinajstić information content (AvgIpc) is 3.20. The third kappa shape index (κ3) is 6.04. The van der Waals surface area contributed by atoms with Crippen LogP contribution in [0.25, 0.3) is 22.0 Å². The molecule has 0 saturated carbocycles. The normalized spacial score (nSPS) is 19.9. The molecule has 1 amide bonds. The fraction of sp³-hybridized carbons (Fsp3) is 0.312. The van der Waals surface area contributed by atoms with Gasteiger partial charge in [0.25, 0.3) is 0 Å². The number of alkyl halides is 3. The summed E-state index contributed by atoms with van der Waals surface area (Å²) in [5.41, 5.74) is -3.05. The van der Waals surface area contributed by atoms with Gasteiger partial charge in [0.1, 0.15) is 23.6 Å². The number of hydrogen-bond acceptors (Lipinski definition) is 7. The van der Waals surface area contributed by atoms with Gasteiger partial charge in [-0.15, -0.1) is 11.8 Å². The van der Waals surface area contributed by atoms with Gasteiger partial charge < -0.3 is 14.5 Å². The van der Waals surface area contributed by atoms with Crippen molar-refractivity contribution in [2.24, 2.45) is 0 Å². The summed E-state index contributed by atoms with van der Waals surface area (Å²) in [6.07, 6.45) is -3.07. The summed E-state index contributed by atoms with van der Waals surface area (Å²) >= 11 is 6.91. The maximum Gasteiger partial charge on any atom is 0.417 e. The fourth-order valence-electron chi connectivity index (χ4n) is 6.28. The Hall–Kier alpha value is -4.17. The van der Waals surface area contributed by atoms with Crippen LogP contribution in [0.1, 0.15) is 19.4 Å². The summed E-state index contributed by atoms with van der Waals surface area (Å²) in [5.74, 6) is -2.42. The molecule has 2 aromatic carbocycles. The molecule has 0 radical (unpaired) electrons. The Morgan fingerprint density at radius 2 is 1.83 bits per heavy atom. The minimum atomic E-state index is -5.02. The number of aromatic nitrogens is 3. The van der Waals surface area contributed by atoms with Crippen LogP contribution in [0.2, 0.25) is 5.02 Å². The summed E-state index contributed by atoms with van der Waals surface area (Å²) in [6, 6.07) is 6.27. The lowest BCUT2D eigenvalue weighted by molar-refractivity contribution is -0.137. The average molecular weight is 692 g/mol. The van der Waals surface area contributed by atoms with Crippen molar-refractivity contribution in [3.05, 3.63) is 88.0 Å². The van der Waals surface area contributed by atoms with Crippen LogP contribution < -0.4 is 15.3 Å². The van der Waals surface area contributed by atoms with E-state index in [1.165, 1.54) is 16.8 Å². The highest BCUT2D eigenvalue weighted by molar-refractivity contribution is 7.99. The molecule has 4 heterocycles. The van der Waals surface area contributed by atoms with Crippen LogP contribution in [0.4, 0.5) is 27.8 Å². The lowest BCUT2D eigenvalue weighted by atomic mass is 9.95. The molecule has 0 bridgehead atoms. The fourth-order valence-corrected chi connectivity index (χ4v) is 7.69. The zero-order valence-electron chi connectivity index (χ0n) is 25.0. The van der Waals surface area contributed by atoms with Crippen molar-refractivity contribution in [2.75, 3.05) is 23.7 Å². The number of anilines is 1. The number of carbonyl (C=O) groups excluding carboxylic acids is 1. The molecule has 0 unspecified atom stereocenters. The maximum absolute atomic E-state index is 15.4. The second kappa shape index (κ2) is 12.5. The molecule has 0 spiro atoms. The highest BCUT2D eigenvalue weighted by Crippen LogP contribution is 2.49. The summed E-state index contributed by atoms with van der Waals surface area (Å²) in [5, 5.41) is -0.572. The van der Waals surface area contributed by atoms with E-state index in [2.05, 4.69) is 16.5 Å². The number of amides is 1. The minimum Gasteiger partial charge on any atom is -0.472 e. The topological polar surface area (TPSA) is 80.6 Å². The minimum absolute atomic E-state index is 0.00169. The predicted molar refractivity (Wildman–Crippen MR) is 169 cm³/mol. The van der Waals surface area contributed by atoms with Gasteiger partial charge in [0.05, 0.1) is 22.6 Å². The molecule has 1 saturated heterocycles. The first-order valence-corrected chi connectivity index (χ1v) is 15.9. The molecule has 2 aliphatic heterocycles. The number of piperazine rings is 1. The van der Waals surface area contributed by atoms with E-state index >= 15 is 17.6 Å². The van der Waals surface area contributed by atoms with Gasteiger partial charge in [-0.2, -0.15) is 18.2 Å². The second-order valence-corrected chi connectivity index (χ2v) is 12.8. The van der Waals surface area contributed by atoms with Gasteiger partial charge in [-0.1, -0.05) is 24.2 Å². The predicted octanol–water partition coefficient (Wildman–Crippen LogP) is 6.57. The van der Waals surface area contributed by atoms with Crippen LogP contribution in [0.3, 0.4) is 0 Å². The quantitative estimate of drug-likeness (QED) is 0.133. The van der Waals surface area contributed by atoms with E-state index in [0.717, 1.165) is 23.9 Å². The third-order valence-corrected chi connectivity index (χ3v) is 9.67. The number of carbonyl (C=O) groups is 1. The standard InChI is InChI=1S/C32H27ClF5N5O3S/c1-4-26(44)43-16(2)12-41(13-17(43)3)30-20-9-21(32(36,37)38)27(19-10-22(33)24(35)11-23(19)34)29-28(20)42(31(45)40-30)14-18(15-47-29)46-25-7-5-6-8-39-25/h4-11,16-18H,1,12-15H2,2-3H3/t16-,17+,18-/m0/s1. The summed E-state index contributed by atoms with van der Waals surface area (Å²) < 4.78 is 81.9. The number of hydrogen-bond donors (Lipinski definition) is 0. The molecule has 2 aromatic heterocycles. The number of rotatable bonds is 5. The SMILES string of the molecule is C=CC(=O)N1[C@H](C)CN(c2nc(=O)n3c4c(c(-c5cc(Cl)c(F)cc5F)c(C(F)(F)F)cc24)SC[C@@H](Oc2ccccn2)C3)C[C@@H]1C. The van der Waals surface area contributed by atoms with Crippen molar-refractivity contribution in [1.29, 1.82) is 0 Å². The van der Waals surface area contributed by atoms with E-state index in [1.807, 2.05) is 0 Å². The van der Waals surface area contributed by atoms with Crippen LogP contribution in [0, 0.1) is 11.6 Å². The van der Waals surface area contributed by atoms with Gasteiger partial charge in [-0.05, 0) is 38.1 Å². The Bertz CT molecular complexity index is 1950. The molecule has 0 aliphatic carbocycles. The van der Waals surface area contributed by atoms with Crippen LogP contribution in [0.5, 0.6) is 5.88 Å². The number of nitrogens with zero attached hydrogens (tertiary/aromatic N) is 5. The first-order chi connectivity index (χ1) is 22.3. The van der Waals surface area contributed by atoms with Crippen LogP contribution in [-0.2, 0) is 17.5 Å². The first kappa shape index (κ1) is 32.8. The molecule has 0 N–H and O–H groups in total. The summed E-state index contributed by atoms with van der Waals surface area (Å²) in [7, 11) is 0. The molecule has 2 aliphatic rings. The van der Waals surface area contributed by atoms with Gasteiger partial charge in [0.15, 0.2) is 0 Å². The molecule has 47 heavy (non-hydrogen) atoms. The van der Waals surface area contributed by atoms with Crippen molar-refractivity contribution < 1.29 is 31.5 Å². The maximum atomic E-state index is 15.4. The van der Waals surface area contributed by atoms with E-state index < -0.39 is 63.4 Å². The molecule has 4 aromatic rings. The van der Waals surface area contributed by atoms with Gasteiger partial charge in [-0.25, -0.2) is 18.6 Å². The number of halogens is 6. The van der Waals surface area contributed by atoms with Crippen molar-refractivity contribution in [3.8, 4) is 17.0 Å². The van der Waals surface area contributed by atoms with Gasteiger partial charge >= 0.3 is 11.9 Å². The van der Waals surface area contributed by atoms with Crippen molar-refractivity contribution in [1.82, 2.24) is 19.4 Å². The van der Waals surface area contributed by atoms with Crippen LogP contribution in [0.15, 0.2) is 64.9 Å². The van der Waals surface area contributed by atoms with Crippen LogP contribution in [-0.4, -0.2) is 62.4 Å². The second-order valence-electron chi connectivity index (χ2n) is 11.4. The lowest BCUT2D eigenvalue weighted by Gasteiger charge is -2.44. The Morgan fingerprint density at radius 3 is 2.47 bits per heavy atom. The smallest absolute Gasteiger partial charge is 0.417 e. The number of pyridine rings is 1. The van der Waals surface area contributed by atoms with Crippen LogP contribution >= 0.6 is 23.4 Å². The number of thioether (sulfide) groups is 1. The van der Waals surface area contributed by atoms with E-state index in [1.54, 1.807) is 41.8 Å². The van der Waals surface area contributed by atoms with E-state index in [4.69, 9.17) is 16.3 Å². The van der Waals surface area contributed by atoms with Crippen molar-refractivity contribution in [2.45, 2.75) is 49.7 Å². The molecular weight excluding hydrogens is 665 g/mol. The molecular formula is C32H27ClF5N5O3S. The zero-order chi connectivity index (χ0) is 33.8. The molecule has 8 nitrogen and oxygen atoms in total. The molecule has 6 rings (SSSR count). The van der Waals surface area contributed by atoms with Crippen molar-refractivity contribution in [3.63, 3.8) is 0 Å². The van der Waals surface area contributed by atoms with Gasteiger partial charge in [0.2, 0.25) is 11.8 Å². The molecule has 246 valence electrons. The Labute approximate surface area is 274 Å². The summed E-state index contributed by atoms with van der Waals surface area (Å²) in [4.78, 5) is 38.1. The molecule has 15 heteroatoms. The Morgan fingerprint density at radius 1 is 1.11 bits per heavy atom. The highest BCUT2D eigenvalue weighted by Gasteiger charge is 2.40. The Kier molecular flexibility index (Phi) is 8.68. The summed E-state index contributed by atoms with van der Waals surface area (Å²) in [6.45, 7) is 7.33. The van der Waals surface area contributed by atoms with E-state index in [-0.39, 0.29) is 58.8 Å². The molecule has 3 atom stereocenters. The third-order valence-electron chi connectivity index (χ3n) is 8.16. The van der Waals surface area contributed by atoms with Gasteiger partial charge in [-0.3, -0.25) is 9.36 Å². The van der Waals surface area contributed by atoms with E-state index in [9.17, 15) is 14.0 Å². The number of ether oxygens (including phenoxy) is 1. The molecule has 1 fully saturated rings. The lowest BCUT2D eigenvalue weighted by Crippen LogP contribution is -2.58.